The number of nitrogens with two attached hydrogens (primary N) is 2. The summed E-state index contributed by atoms with van der Waals surface area (Å²) < 4.78 is 44.1. The van der Waals surface area contributed by atoms with Gasteiger partial charge in [-0.25, -0.2) is 14.4 Å². The number of ether oxygens (including phenoxy) is 7. The standard InChI is InChI=1S/C71H94N10O20S2/c1-9-10-29-81(30-31-102-103-37-47-63(90)78-44(27-20-28-75-66(73)74)60(87)76-36-51(83)77-46(33-52(84)85)62(89)79-45(61(88)80-47)32-41-21-14-11-15-22-41)67(93)99-56(54(72)42-23-16-12-17-24-42)65(92)98-48-35-71(94)59(100-64(91)43-25-18-13-19-26-43)57-69(6,58(86)55(96-8)53(39(48)2)68(71,4)5)49(95-7)34-50-70(57,38-97-50)101-40(3)82/h11-19,21-26,44-50,54-57,59,94H,9-10,20,27-38,72H2,1-8H3,(H,76,87)(H,77,83)(H,78,90)(H,79,89)(H,80,88)(H,84,85)(H4,73,74,75)/t44-,45+,46-,47-,48-,49-,50+,54-,55+,56+,57-,59-,69+,70-,71+/m0/s1. The van der Waals surface area contributed by atoms with E-state index in [1.165, 1.54) is 49.0 Å². The number of benzene rings is 3. The zero-order valence-corrected chi connectivity index (χ0v) is 60.5. The molecule has 3 aliphatic carbocycles. The van der Waals surface area contributed by atoms with E-state index in [2.05, 4.69) is 31.9 Å². The van der Waals surface area contributed by atoms with E-state index in [-0.39, 0.29) is 86.1 Å². The number of amides is 6. The fourth-order valence-electron chi connectivity index (χ4n) is 14.5. The number of aliphatic hydroxyl groups is 1. The molecule has 560 valence electrons. The Balaban J connectivity index is 1.08. The Bertz CT molecular complexity index is 3640. The van der Waals surface area contributed by atoms with Crippen molar-refractivity contribution >= 4 is 92.8 Å². The molecule has 4 fully saturated rings. The van der Waals surface area contributed by atoms with E-state index in [0.717, 1.165) is 10.8 Å². The highest BCUT2D eigenvalue weighted by molar-refractivity contribution is 8.76. The summed E-state index contributed by atoms with van der Waals surface area (Å²) in [5, 5.41) is 46.7. The minimum Gasteiger partial charge on any atom is -0.481 e. The molecular formula is C71H94N10O20S2. The predicted molar refractivity (Wildman–Crippen MR) is 376 cm³/mol. The second-order valence-corrected chi connectivity index (χ2v) is 29.6. The number of methoxy groups -OCH3 is 2. The van der Waals surface area contributed by atoms with Crippen molar-refractivity contribution in [2.75, 3.05) is 58.5 Å². The summed E-state index contributed by atoms with van der Waals surface area (Å²) in [7, 11) is 5.00. The average molecular weight is 1470 g/mol. The van der Waals surface area contributed by atoms with Crippen molar-refractivity contribution in [1.29, 1.82) is 5.41 Å². The van der Waals surface area contributed by atoms with Crippen LogP contribution in [0.2, 0.25) is 0 Å². The number of unbranched alkanes of at least 4 members (excludes halogenated alkanes) is 1. The highest BCUT2D eigenvalue weighted by Crippen LogP contribution is 2.65. The van der Waals surface area contributed by atoms with Crippen LogP contribution in [0.3, 0.4) is 0 Å². The Morgan fingerprint density at radius 2 is 1.44 bits per heavy atom. The highest BCUT2D eigenvalue weighted by atomic mass is 33.1. The molecule has 2 bridgehead atoms. The Morgan fingerprint density at radius 1 is 0.806 bits per heavy atom. The molecule has 0 aromatic heterocycles. The fourth-order valence-corrected chi connectivity index (χ4v) is 16.7. The van der Waals surface area contributed by atoms with Gasteiger partial charge in [-0.3, -0.25) is 43.8 Å². The molecule has 3 aromatic carbocycles. The smallest absolute Gasteiger partial charge is 0.410 e. The van der Waals surface area contributed by atoms with E-state index >= 15 is 9.59 Å². The highest BCUT2D eigenvalue weighted by Gasteiger charge is 2.78. The number of rotatable bonds is 27. The zero-order valence-electron chi connectivity index (χ0n) is 58.9. The third kappa shape index (κ3) is 18.3. The van der Waals surface area contributed by atoms with Gasteiger partial charge in [-0.15, -0.1) is 0 Å². The SMILES string of the molecule is CCCCN(CCSSC[C@@H]1NC(=O)[C@@H](Cc2ccccc2)NC(=O)[C@H](CC(=O)O)NC(=O)CNC(=O)[C@H](CCCNC(=N)N)NC1=O)C(=O)O[C@@H](C(=O)O[C@H]1C[C@@]2(O)[C@@H](OC(=O)c3ccccc3)[C@@H]3[C@]4(OC(C)=O)CO[C@@H]4C[C@H](OC)[C@@]3(C)C(=O)[C@H](OC)C(=C1C)C2(C)C)[C@@H](N)c1ccccc1. The lowest BCUT2D eigenvalue weighted by atomic mass is 9.44. The normalized spacial score (nSPS) is 28.4. The third-order valence-corrected chi connectivity index (χ3v) is 22.4. The Hall–Kier alpha value is -8.66. The number of guanidine groups is 1. The third-order valence-electron chi connectivity index (χ3n) is 20.0. The molecular weight excluding hydrogens is 1380 g/mol. The molecule has 15 atom stereocenters. The maximum absolute atomic E-state index is 16.0. The summed E-state index contributed by atoms with van der Waals surface area (Å²) in [6, 6.07) is 17.5. The molecule has 0 spiro atoms. The Labute approximate surface area is 604 Å². The fraction of sp³-hybridized carbons (Fsp3) is 0.549. The van der Waals surface area contributed by atoms with Crippen LogP contribution in [-0.4, -0.2) is 217 Å². The van der Waals surface area contributed by atoms with Gasteiger partial charge in [-0.05, 0) is 67.5 Å². The van der Waals surface area contributed by atoms with Crippen molar-refractivity contribution in [3.63, 3.8) is 0 Å². The van der Waals surface area contributed by atoms with Crippen molar-refractivity contribution < 1.29 is 96.1 Å². The molecule has 2 aliphatic heterocycles. The number of Topliss-reactive ketones (excluding diaryl/α,β-unsaturated/α-hetero) is 1. The van der Waals surface area contributed by atoms with E-state index in [4.69, 9.17) is 50.0 Å². The van der Waals surface area contributed by atoms with Crippen LogP contribution in [0.1, 0.15) is 114 Å². The minimum absolute atomic E-state index is 0.0374. The quantitative estimate of drug-likeness (QED) is 0.00994. The van der Waals surface area contributed by atoms with Gasteiger partial charge in [0.1, 0.15) is 54.2 Å². The van der Waals surface area contributed by atoms with Crippen LogP contribution in [0.5, 0.6) is 0 Å². The number of ketones is 1. The average Bonchev–Trinajstić information content (AvgIpc) is 0.670. The van der Waals surface area contributed by atoms with Crippen molar-refractivity contribution in [1.82, 2.24) is 36.8 Å². The number of nitrogens with zero attached hydrogens (tertiary/aromatic N) is 1. The van der Waals surface area contributed by atoms with Gasteiger partial charge in [0.2, 0.25) is 35.6 Å². The van der Waals surface area contributed by atoms with Crippen LogP contribution < -0.4 is 43.4 Å². The first-order valence-corrected chi connectivity index (χ1v) is 36.6. The van der Waals surface area contributed by atoms with Crippen molar-refractivity contribution in [3.05, 3.63) is 119 Å². The first-order chi connectivity index (χ1) is 48.9. The van der Waals surface area contributed by atoms with E-state index < -0.39 is 179 Å². The molecule has 0 unspecified atom stereocenters. The van der Waals surface area contributed by atoms with Crippen LogP contribution in [0.25, 0.3) is 0 Å². The van der Waals surface area contributed by atoms with Crippen LogP contribution in [0.4, 0.5) is 4.79 Å². The summed E-state index contributed by atoms with van der Waals surface area (Å²) in [4.78, 5) is 157. The number of hydrogen-bond donors (Lipinski definition) is 11. The van der Waals surface area contributed by atoms with E-state index in [1.54, 1.807) is 107 Å². The van der Waals surface area contributed by atoms with Gasteiger partial charge in [0.15, 0.2) is 17.3 Å². The topological polar surface area (TPSA) is 444 Å². The molecule has 2 heterocycles. The predicted octanol–water partition coefficient (Wildman–Crippen LogP) is 2.68. The molecule has 5 aliphatic rings. The largest absolute Gasteiger partial charge is 0.481 e. The van der Waals surface area contributed by atoms with Gasteiger partial charge in [-0.2, -0.15) is 0 Å². The maximum atomic E-state index is 16.0. The lowest BCUT2D eigenvalue weighted by Gasteiger charge is -2.67. The van der Waals surface area contributed by atoms with Crippen LogP contribution in [-0.2, 0) is 82.7 Å². The van der Waals surface area contributed by atoms with Gasteiger partial charge in [0, 0.05) is 77.0 Å². The van der Waals surface area contributed by atoms with Gasteiger partial charge in [-0.1, -0.05) is 128 Å². The first-order valence-electron chi connectivity index (χ1n) is 34.1. The Morgan fingerprint density at radius 3 is 2.05 bits per heavy atom. The van der Waals surface area contributed by atoms with E-state index in [9.17, 15) is 53.4 Å². The minimum atomic E-state index is -2.35. The van der Waals surface area contributed by atoms with Gasteiger partial charge >= 0.3 is 30.0 Å². The number of carbonyl (C=O) groups is 11. The number of fused-ring (bicyclic) bond motifs is 5. The molecule has 2 saturated heterocycles. The maximum Gasteiger partial charge on any atom is 0.410 e. The molecule has 3 aromatic rings. The summed E-state index contributed by atoms with van der Waals surface area (Å²) in [5.74, 6) is -11.2. The monoisotopic (exact) mass is 1470 g/mol. The molecule has 8 rings (SSSR count). The van der Waals surface area contributed by atoms with E-state index in [1.807, 2.05) is 6.92 Å². The summed E-state index contributed by atoms with van der Waals surface area (Å²) in [6.07, 6.45) is -9.87. The molecule has 13 N–H and O–H groups in total. The zero-order chi connectivity index (χ0) is 75.1. The van der Waals surface area contributed by atoms with Gasteiger partial charge < -0.3 is 91.6 Å². The number of carbonyl (C=O) groups excluding carboxylic acids is 10. The summed E-state index contributed by atoms with van der Waals surface area (Å²) >= 11 is 0. The number of esters is 3. The van der Waals surface area contributed by atoms with Gasteiger partial charge in [0.05, 0.1) is 48.6 Å². The number of aliphatic carboxylic acids is 1. The first kappa shape index (κ1) is 80.0. The molecule has 32 heteroatoms. The molecule has 0 radical (unpaired) electrons. The lowest BCUT2D eigenvalue weighted by molar-refractivity contribution is -0.347. The van der Waals surface area contributed by atoms with E-state index in [0.29, 0.717) is 24.0 Å². The van der Waals surface area contributed by atoms with Crippen LogP contribution in [0, 0.1) is 22.2 Å². The Kier molecular flexibility index (Phi) is 27.4. The number of carboxylic acids is 1. The number of nitrogens with one attached hydrogen (secondary N) is 7. The molecule has 103 heavy (non-hydrogen) atoms. The van der Waals surface area contributed by atoms with Crippen molar-refractivity contribution in [2.24, 2.45) is 28.2 Å². The summed E-state index contributed by atoms with van der Waals surface area (Å²) in [5.41, 5.74) is 6.51. The number of carboxylic acid groups (broad SMARTS) is 1. The second-order valence-electron chi connectivity index (χ2n) is 27.0. The molecule has 30 nitrogen and oxygen atoms in total. The molecule has 2 saturated carbocycles. The van der Waals surface area contributed by atoms with Crippen molar-refractivity contribution in [3.8, 4) is 0 Å². The number of hydrogen-bond acceptors (Lipinski definition) is 23. The van der Waals surface area contributed by atoms with Gasteiger partial charge in [0.25, 0.3) is 0 Å². The molecule has 6 amide bonds. The summed E-state index contributed by atoms with van der Waals surface area (Å²) in [6.45, 7) is 8.83. The van der Waals surface area contributed by atoms with Crippen LogP contribution >= 0.6 is 21.6 Å². The van der Waals surface area contributed by atoms with Crippen LogP contribution in [0.15, 0.2) is 102 Å². The lowest BCUT2D eigenvalue weighted by Crippen LogP contribution is -2.82. The second kappa shape index (κ2) is 35.2. The van der Waals surface area contributed by atoms with Crippen molar-refractivity contribution in [2.45, 2.75) is 171 Å².